The number of nitrogens with zero attached hydrogens (tertiary/aromatic N) is 1. The van der Waals surface area contributed by atoms with Crippen LogP contribution in [0.25, 0.3) is 0 Å². The smallest absolute Gasteiger partial charge is 0.143 e. The minimum absolute atomic E-state index is 0.123. The van der Waals surface area contributed by atoms with Crippen molar-refractivity contribution in [2.45, 2.75) is 0 Å². The molecule has 0 aromatic heterocycles. The predicted octanol–water partition coefficient (Wildman–Crippen LogP) is 3.92. The number of nitrogen functional groups attached to an aromatic ring is 1. The highest BCUT2D eigenvalue weighted by Crippen LogP contribution is 2.30. The van der Waals surface area contributed by atoms with E-state index >= 15 is 0 Å². The molecule has 2 rings (SSSR count). The molecule has 0 saturated carbocycles. The van der Waals surface area contributed by atoms with Crippen LogP contribution in [0.3, 0.4) is 0 Å². The molecule has 0 saturated heterocycles. The lowest BCUT2D eigenvalue weighted by Crippen LogP contribution is -2.00. The SMILES string of the molecule is N#Cc1c(F)cccc1Nc1cc(Br)c(F)cc1N. The van der Waals surface area contributed by atoms with E-state index in [9.17, 15) is 8.78 Å². The Morgan fingerprint density at radius 3 is 2.58 bits per heavy atom. The molecule has 0 unspecified atom stereocenters. The second kappa shape index (κ2) is 5.24. The van der Waals surface area contributed by atoms with Gasteiger partial charge in [0.25, 0.3) is 0 Å². The number of nitrogens with one attached hydrogen (secondary N) is 1. The first-order chi connectivity index (χ1) is 9.02. The molecule has 0 radical (unpaired) electrons. The molecule has 2 aromatic rings. The lowest BCUT2D eigenvalue weighted by atomic mass is 10.1. The summed E-state index contributed by atoms with van der Waals surface area (Å²) in [5.74, 6) is -1.13. The highest BCUT2D eigenvalue weighted by atomic mass is 79.9. The number of halogens is 3. The quantitative estimate of drug-likeness (QED) is 0.823. The molecule has 3 N–H and O–H groups in total. The van der Waals surface area contributed by atoms with Gasteiger partial charge >= 0.3 is 0 Å². The molecular formula is C13H8BrF2N3. The van der Waals surface area contributed by atoms with Crippen LogP contribution in [0.2, 0.25) is 0 Å². The van der Waals surface area contributed by atoms with E-state index < -0.39 is 11.6 Å². The normalized spacial score (nSPS) is 10.0. The Morgan fingerprint density at radius 2 is 1.89 bits per heavy atom. The van der Waals surface area contributed by atoms with E-state index in [0.29, 0.717) is 5.69 Å². The zero-order valence-electron chi connectivity index (χ0n) is 9.55. The fourth-order valence-corrected chi connectivity index (χ4v) is 1.90. The maximum absolute atomic E-state index is 13.4. The van der Waals surface area contributed by atoms with Gasteiger partial charge in [-0.2, -0.15) is 5.26 Å². The van der Waals surface area contributed by atoms with Crippen molar-refractivity contribution in [2.24, 2.45) is 0 Å². The maximum atomic E-state index is 13.4. The van der Waals surface area contributed by atoms with Crippen LogP contribution >= 0.6 is 15.9 Å². The summed E-state index contributed by atoms with van der Waals surface area (Å²) in [6.45, 7) is 0. The molecule has 0 bridgehead atoms. The van der Waals surface area contributed by atoms with Crippen molar-refractivity contribution in [1.82, 2.24) is 0 Å². The van der Waals surface area contributed by atoms with E-state index in [1.54, 1.807) is 12.1 Å². The summed E-state index contributed by atoms with van der Waals surface area (Å²) in [6.07, 6.45) is 0. The topological polar surface area (TPSA) is 61.8 Å². The number of nitriles is 1. The maximum Gasteiger partial charge on any atom is 0.143 e. The summed E-state index contributed by atoms with van der Waals surface area (Å²) in [5.41, 5.74) is 6.36. The first-order valence-electron chi connectivity index (χ1n) is 5.23. The van der Waals surface area contributed by atoms with Gasteiger partial charge in [0.15, 0.2) is 0 Å². The molecule has 0 amide bonds. The van der Waals surface area contributed by atoms with Gasteiger partial charge in [0.1, 0.15) is 23.3 Å². The van der Waals surface area contributed by atoms with Crippen LogP contribution in [0.15, 0.2) is 34.8 Å². The first-order valence-corrected chi connectivity index (χ1v) is 6.02. The van der Waals surface area contributed by atoms with Gasteiger partial charge in [0.2, 0.25) is 0 Å². The summed E-state index contributed by atoms with van der Waals surface area (Å²) in [5, 5.41) is 11.7. The van der Waals surface area contributed by atoms with Crippen molar-refractivity contribution in [2.75, 3.05) is 11.1 Å². The second-order valence-electron chi connectivity index (χ2n) is 3.75. The fourth-order valence-electron chi connectivity index (χ4n) is 1.56. The van der Waals surface area contributed by atoms with Crippen LogP contribution in [-0.4, -0.2) is 0 Å². The number of nitrogens with two attached hydrogens (primary N) is 1. The standard InChI is InChI=1S/C13H8BrF2N3/c14-8-4-13(11(18)5-10(8)16)19-12-3-1-2-9(15)7(12)6-17/h1-5,19H,18H2. The van der Waals surface area contributed by atoms with Crippen molar-refractivity contribution >= 4 is 33.0 Å². The molecule has 2 aromatic carbocycles. The highest BCUT2D eigenvalue weighted by molar-refractivity contribution is 9.10. The van der Waals surface area contributed by atoms with Gasteiger partial charge in [-0.3, -0.25) is 0 Å². The molecule has 96 valence electrons. The zero-order chi connectivity index (χ0) is 14.0. The van der Waals surface area contributed by atoms with Gasteiger partial charge in [0, 0.05) is 6.07 Å². The Morgan fingerprint density at radius 1 is 1.16 bits per heavy atom. The Kier molecular flexibility index (Phi) is 3.67. The summed E-state index contributed by atoms with van der Waals surface area (Å²) in [6, 6.07) is 8.52. The Hall–Kier alpha value is -2.13. The van der Waals surface area contributed by atoms with E-state index in [1.807, 2.05) is 0 Å². The monoisotopic (exact) mass is 323 g/mol. The minimum atomic E-state index is -0.632. The van der Waals surface area contributed by atoms with Crippen LogP contribution in [0, 0.1) is 23.0 Å². The molecule has 0 aliphatic carbocycles. The summed E-state index contributed by atoms with van der Waals surface area (Å²) >= 11 is 3.03. The van der Waals surface area contributed by atoms with Crippen LogP contribution in [0.1, 0.15) is 5.56 Å². The zero-order valence-corrected chi connectivity index (χ0v) is 11.1. The molecule has 0 aliphatic heterocycles. The molecule has 0 aliphatic rings. The van der Waals surface area contributed by atoms with Crippen molar-refractivity contribution in [3.63, 3.8) is 0 Å². The third-order valence-corrected chi connectivity index (χ3v) is 3.09. The molecule has 0 fully saturated rings. The number of anilines is 3. The Labute approximate surface area is 116 Å². The molecule has 0 heterocycles. The van der Waals surface area contributed by atoms with E-state index in [-0.39, 0.29) is 21.4 Å². The van der Waals surface area contributed by atoms with E-state index in [0.717, 1.165) is 6.07 Å². The van der Waals surface area contributed by atoms with Crippen molar-refractivity contribution in [3.05, 3.63) is 52.0 Å². The summed E-state index contributed by atoms with van der Waals surface area (Å²) in [4.78, 5) is 0. The molecule has 0 atom stereocenters. The molecule has 6 heteroatoms. The van der Waals surface area contributed by atoms with E-state index in [1.165, 1.54) is 18.2 Å². The Bertz CT molecular complexity index is 680. The van der Waals surface area contributed by atoms with Crippen molar-refractivity contribution < 1.29 is 8.78 Å². The van der Waals surface area contributed by atoms with Crippen molar-refractivity contribution in [3.8, 4) is 6.07 Å². The molecule has 3 nitrogen and oxygen atoms in total. The van der Waals surface area contributed by atoms with Gasteiger partial charge in [0.05, 0.1) is 21.5 Å². The minimum Gasteiger partial charge on any atom is -0.397 e. The van der Waals surface area contributed by atoms with Gasteiger partial charge < -0.3 is 11.1 Å². The highest BCUT2D eigenvalue weighted by Gasteiger charge is 2.11. The largest absolute Gasteiger partial charge is 0.397 e. The third kappa shape index (κ3) is 2.66. The lowest BCUT2D eigenvalue weighted by molar-refractivity contribution is 0.621. The predicted molar refractivity (Wildman–Crippen MR) is 72.9 cm³/mol. The van der Waals surface area contributed by atoms with E-state index in [4.69, 9.17) is 11.0 Å². The Balaban J connectivity index is 2.45. The van der Waals surface area contributed by atoms with Crippen LogP contribution in [-0.2, 0) is 0 Å². The van der Waals surface area contributed by atoms with Crippen molar-refractivity contribution in [1.29, 1.82) is 5.26 Å². The van der Waals surface area contributed by atoms with Gasteiger partial charge in [-0.25, -0.2) is 8.78 Å². The van der Waals surface area contributed by atoms with Gasteiger partial charge in [-0.1, -0.05) is 6.07 Å². The average Bonchev–Trinajstić information content (AvgIpc) is 2.36. The van der Waals surface area contributed by atoms with E-state index in [2.05, 4.69) is 21.2 Å². The number of hydrogen-bond acceptors (Lipinski definition) is 3. The molecular weight excluding hydrogens is 316 g/mol. The summed E-state index contributed by atoms with van der Waals surface area (Å²) < 4.78 is 26.9. The molecule has 19 heavy (non-hydrogen) atoms. The van der Waals surface area contributed by atoms with Crippen LogP contribution in [0.4, 0.5) is 25.8 Å². The number of benzene rings is 2. The lowest BCUT2D eigenvalue weighted by Gasteiger charge is -2.12. The summed E-state index contributed by atoms with van der Waals surface area (Å²) in [7, 11) is 0. The van der Waals surface area contributed by atoms with Crippen LogP contribution < -0.4 is 11.1 Å². The van der Waals surface area contributed by atoms with Gasteiger partial charge in [-0.15, -0.1) is 0 Å². The van der Waals surface area contributed by atoms with Crippen LogP contribution in [0.5, 0.6) is 0 Å². The second-order valence-corrected chi connectivity index (χ2v) is 4.61. The third-order valence-electron chi connectivity index (χ3n) is 2.49. The molecule has 0 spiro atoms. The number of rotatable bonds is 2. The average molecular weight is 324 g/mol. The first kappa shape index (κ1) is 13.3. The fraction of sp³-hybridized carbons (Fsp3) is 0. The number of hydrogen-bond donors (Lipinski definition) is 2. The van der Waals surface area contributed by atoms with Gasteiger partial charge in [-0.05, 0) is 34.1 Å².